The number of hydrogen-bond acceptors (Lipinski definition) is 2. The second-order valence-electron chi connectivity index (χ2n) is 2.04. The van der Waals surface area contributed by atoms with E-state index in [1.165, 1.54) is 0 Å². The highest BCUT2D eigenvalue weighted by Crippen LogP contribution is 2.24. The van der Waals surface area contributed by atoms with Gasteiger partial charge in [0, 0.05) is 0 Å². The Bertz CT molecular complexity index is 336. The van der Waals surface area contributed by atoms with E-state index >= 15 is 0 Å². The number of hydrogen-bond donors (Lipinski definition) is 1. The predicted molar refractivity (Wildman–Crippen MR) is 33.4 cm³/mol. The number of carbonyl (C=O) groups excluding carboxylic acids is 1. The molecule has 2 nitrogen and oxygen atoms in total. The Labute approximate surface area is 65.2 Å². The number of phenolic OH excluding ortho intramolecular Hbond substituents is 1. The van der Waals surface area contributed by atoms with E-state index in [0.717, 1.165) is 0 Å². The first-order valence-corrected chi connectivity index (χ1v) is 2.89. The third kappa shape index (κ3) is 1.13. The number of rotatable bonds is 1. The van der Waals surface area contributed by atoms with Crippen LogP contribution < -0.4 is 0 Å². The van der Waals surface area contributed by atoms with Gasteiger partial charge in [-0.15, -0.1) is 0 Å². The number of phenols is 1. The molecule has 0 fully saturated rings. The first kappa shape index (κ1) is 8.58. The molecule has 0 bridgehead atoms. The fourth-order valence-electron chi connectivity index (χ4n) is 0.695. The van der Waals surface area contributed by atoms with E-state index in [-0.39, 0.29) is 6.29 Å². The molecule has 0 aliphatic carbocycles. The molecule has 12 heavy (non-hydrogen) atoms. The molecule has 0 saturated heterocycles. The van der Waals surface area contributed by atoms with Crippen molar-refractivity contribution in [2.24, 2.45) is 0 Å². The number of halogens is 3. The summed E-state index contributed by atoms with van der Waals surface area (Å²) in [5.41, 5.74) is -0.716. The Hall–Kier alpha value is -1.52. The summed E-state index contributed by atoms with van der Waals surface area (Å²) in [5.74, 6) is -6.09. The van der Waals surface area contributed by atoms with Crippen molar-refractivity contribution in [3.63, 3.8) is 0 Å². The van der Waals surface area contributed by atoms with Gasteiger partial charge in [0.1, 0.15) is 0 Å². The van der Waals surface area contributed by atoms with E-state index < -0.39 is 28.8 Å². The van der Waals surface area contributed by atoms with Crippen LogP contribution in [0.3, 0.4) is 0 Å². The van der Waals surface area contributed by atoms with Crippen LogP contribution in [0.15, 0.2) is 6.07 Å². The molecular formula is C7H3F3O2. The van der Waals surface area contributed by atoms with Gasteiger partial charge in [0.25, 0.3) is 0 Å². The Morgan fingerprint density at radius 1 is 1.25 bits per heavy atom. The van der Waals surface area contributed by atoms with Crippen LogP contribution >= 0.6 is 0 Å². The summed E-state index contributed by atoms with van der Waals surface area (Å²) >= 11 is 0. The van der Waals surface area contributed by atoms with E-state index in [1.54, 1.807) is 0 Å². The molecule has 0 aliphatic rings. The molecular weight excluding hydrogens is 173 g/mol. The van der Waals surface area contributed by atoms with E-state index in [0.29, 0.717) is 6.07 Å². The minimum atomic E-state index is -1.70. The van der Waals surface area contributed by atoms with Crippen molar-refractivity contribution in [3.8, 4) is 5.75 Å². The molecule has 0 aliphatic heterocycles. The van der Waals surface area contributed by atoms with Crippen LogP contribution in [0.2, 0.25) is 0 Å². The zero-order chi connectivity index (χ0) is 9.30. The van der Waals surface area contributed by atoms with Crippen LogP contribution in [-0.2, 0) is 0 Å². The van der Waals surface area contributed by atoms with Gasteiger partial charge in [0.2, 0.25) is 5.82 Å². The molecule has 1 aromatic carbocycles. The highest BCUT2D eigenvalue weighted by Gasteiger charge is 2.16. The van der Waals surface area contributed by atoms with E-state index in [4.69, 9.17) is 5.11 Å². The van der Waals surface area contributed by atoms with Crippen molar-refractivity contribution in [2.75, 3.05) is 0 Å². The zero-order valence-electron chi connectivity index (χ0n) is 5.64. The number of benzene rings is 1. The first-order valence-electron chi connectivity index (χ1n) is 2.89. The Morgan fingerprint density at radius 2 is 1.83 bits per heavy atom. The van der Waals surface area contributed by atoms with E-state index in [2.05, 4.69) is 0 Å². The summed E-state index contributed by atoms with van der Waals surface area (Å²) in [7, 11) is 0. The van der Waals surface area contributed by atoms with Crippen LogP contribution in [0.4, 0.5) is 13.2 Å². The molecule has 64 valence electrons. The molecule has 0 aromatic heterocycles. The van der Waals surface area contributed by atoms with Crippen molar-refractivity contribution >= 4 is 6.29 Å². The largest absolute Gasteiger partial charge is 0.503 e. The van der Waals surface area contributed by atoms with Crippen LogP contribution in [0.25, 0.3) is 0 Å². The highest BCUT2D eigenvalue weighted by atomic mass is 19.2. The highest BCUT2D eigenvalue weighted by molar-refractivity contribution is 5.76. The second-order valence-corrected chi connectivity index (χ2v) is 2.04. The van der Waals surface area contributed by atoms with Crippen molar-refractivity contribution in [1.29, 1.82) is 0 Å². The molecule has 1 N–H and O–H groups in total. The van der Waals surface area contributed by atoms with Gasteiger partial charge in [0.15, 0.2) is 23.7 Å². The van der Waals surface area contributed by atoms with Gasteiger partial charge < -0.3 is 5.11 Å². The van der Waals surface area contributed by atoms with Crippen LogP contribution in [0.1, 0.15) is 10.4 Å². The lowest BCUT2D eigenvalue weighted by atomic mass is 10.2. The molecule has 0 amide bonds. The van der Waals surface area contributed by atoms with Crippen molar-refractivity contribution in [1.82, 2.24) is 0 Å². The SMILES string of the molecule is O=Cc1cc(F)c(F)c(O)c1F. The molecule has 0 radical (unpaired) electrons. The lowest BCUT2D eigenvalue weighted by Gasteiger charge is -2.00. The Kier molecular flexibility index (Phi) is 2.03. The Morgan fingerprint density at radius 3 is 2.33 bits per heavy atom. The number of aromatic hydroxyl groups is 1. The molecule has 1 rings (SSSR count). The van der Waals surface area contributed by atoms with E-state index in [1.807, 2.05) is 0 Å². The van der Waals surface area contributed by atoms with Crippen LogP contribution in [-0.4, -0.2) is 11.4 Å². The average molecular weight is 176 g/mol. The van der Waals surface area contributed by atoms with Gasteiger partial charge in [-0.3, -0.25) is 4.79 Å². The lowest BCUT2D eigenvalue weighted by Crippen LogP contribution is -1.95. The summed E-state index contributed by atoms with van der Waals surface area (Å²) in [6.45, 7) is 0. The van der Waals surface area contributed by atoms with Crippen molar-refractivity contribution < 1.29 is 23.1 Å². The standard InChI is InChI=1S/C7H3F3O2/c8-4-1-3(2-11)5(9)7(12)6(4)10/h1-2,12H. The fraction of sp³-hybridized carbons (Fsp3) is 0. The third-order valence-corrected chi connectivity index (χ3v) is 1.29. The summed E-state index contributed by atoms with van der Waals surface area (Å²) in [6.07, 6.45) is -0.0163. The predicted octanol–water partition coefficient (Wildman–Crippen LogP) is 1.62. The molecule has 0 heterocycles. The number of aldehydes is 1. The summed E-state index contributed by atoms with van der Waals surface area (Å²) in [4.78, 5) is 10.0. The van der Waals surface area contributed by atoms with Gasteiger partial charge in [-0.1, -0.05) is 0 Å². The maximum absolute atomic E-state index is 12.6. The van der Waals surface area contributed by atoms with Crippen molar-refractivity contribution in [2.45, 2.75) is 0 Å². The minimum Gasteiger partial charge on any atom is -0.503 e. The summed E-state index contributed by atoms with van der Waals surface area (Å²) < 4.78 is 37.2. The maximum atomic E-state index is 12.6. The first-order chi connectivity index (χ1) is 5.57. The molecule has 0 atom stereocenters. The number of carbonyl (C=O) groups is 1. The summed E-state index contributed by atoms with van der Waals surface area (Å²) in [6, 6.07) is 0.372. The molecule has 0 unspecified atom stereocenters. The van der Waals surface area contributed by atoms with Gasteiger partial charge in [-0.05, 0) is 6.07 Å². The van der Waals surface area contributed by atoms with Crippen LogP contribution in [0, 0.1) is 17.5 Å². The van der Waals surface area contributed by atoms with Gasteiger partial charge in [-0.2, -0.15) is 4.39 Å². The minimum absolute atomic E-state index is 0.0163. The maximum Gasteiger partial charge on any atom is 0.203 e. The topological polar surface area (TPSA) is 37.3 Å². The van der Waals surface area contributed by atoms with Gasteiger partial charge in [0.05, 0.1) is 5.56 Å². The molecule has 1 aromatic rings. The van der Waals surface area contributed by atoms with Crippen molar-refractivity contribution in [3.05, 3.63) is 29.1 Å². The van der Waals surface area contributed by atoms with E-state index in [9.17, 15) is 18.0 Å². The normalized spacial score (nSPS) is 9.92. The quantitative estimate of drug-likeness (QED) is 0.521. The zero-order valence-corrected chi connectivity index (χ0v) is 5.64. The van der Waals surface area contributed by atoms with Gasteiger partial charge >= 0.3 is 0 Å². The summed E-state index contributed by atoms with van der Waals surface area (Å²) in [5, 5.41) is 8.55. The smallest absolute Gasteiger partial charge is 0.203 e. The Balaban J connectivity index is 3.49. The average Bonchev–Trinajstić information content (AvgIpc) is 2.08. The molecule has 0 spiro atoms. The fourth-order valence-corrected chi connectivity index (χ4v) is 0.695. The monoisotopic (exact) mass is 176 g/mol. The third-order valence-electron chi connectivity index (χ3n) is 1.29. The second kappa shape index (κ2) is 2.84. The molecule has 5 heteroatoms. The lowest BCUT2D eigenvalue weighted by molar-refractivity contribution is 0.111. The van der Waals surface area contributed by atoms with Gasteiger partial charge in [-0.25, -0.2) is 8.78 Å². The molecule has 0 saturated carbocycles. The van der Waals surface area contributed by atoms with Crippen LogP contribution in [0.5, 0.6) is 5.75 Å².